The maximum Gasteiger partial charge on any atom is 0.434 e. The highest BCUT2D eigenvalue weighted by molar-refractivity contribution is 5.75. The first-order chi connectivity index (χ1) is 14.4. The minimum absolute atomic E-state index is 0.0663. The number of nitrogens with zero attached hydrogens (tertiary/aromatic N) is 6. The van der Waals surface area contributed by atoms with Crippen LogP contribution < -0.4 is 21.4 Å². The summed E-state index contributed by atoms with van der Waals surface area (Å²) in [6.07, 6.45) is 3.30. The number of piperazine rings is 1. The summed E-state index contributed by atoms with van der Waals surface area (Å²) in [5.41, 5.74) is 5.98. The molecular weight excluding hydrogens is 399 g/mol. The predicted molar refractivity (Wildman–Crippen MR) is 103 cm³/mol. The maximum atomic E-state index is 13.1. The van der Waals surface area contributed by atoms with E-state index >= 15 is 0 Å². The van der Waals surface area contributed by atoms with Crippen LogP contribution in [0.2, 0.25) is 0 Å². The minimum Gasteiger partial charge on any atom is -0.404 e. The van der Waals surface area contributed by atoms with Gasteiger partial charge in [-0.1, -0.05) is 0 Å². The Morgan fingerprint density at radius 2 is 2.10 bits per heavy atom. The lowest BCUT2D eigenvalue weighted by Crippen LogP contribution is -2.53. The van der Waals surface area contributed by atoms with Crippen molar-refractivity contribution in [2.75, 3.05) is 24.5 Å². The molecule has 1 unspecified atom stereocenters. The highest BCUT2D eigenvalue weighted by atomic mass is 19.4. The molecule has 4 rings (SSSR count). The number of hydrogen-bond donors (Lipinski definition) is 3. The number of alkyl halides is 3. The van der Waals surface area contributed by atoms with Crippen molar-refractivity contribution >= 4 is 17.7 Å². The lowest BCUT2D eigenvalue weighted by Gasteiger charge is -2.34. The van der Waals surface area contributed by atoms with Gasteiger partial charge in [-0.25, -0.2) is 19.9 Å². The van der Waals surface area contributed by atoms with Crippen molar-refractivity contribution in [3.05, 3.63) is 48.3 Å². The Morgan fingerprint density at radius 1 is 1.27 bits per heavy atom. The van der Waals surface area contributed by atoms with Crippen LogP contribution in [0.1, 0.15) is 5.69 Å². The van der Waals surface area contributed by atoms with Gasteiger partial charge in [-0.2, -0.15) is 13.2 Å². The lowest BCUT2D eigenvalue weighted by atomic mass is 10.1. The van der Waals surface area contributed by atoms with Crippen molar-refractivity contribution in [2.45, 2.75) is 12.2 Å². The van der Waals surface area contributed by atoms with Crippen LogP contribution >= 0.6 is 0 Å². The fraction of sp³-hybridized carbons (Fsp3) is 0.278. The molecule has 0 amide bonds. The van der Waals surface area contributed by atoms with E-state index < -0.39 is 11.9 Å². The van der Waals surface area contributed by atoms with E-state index in [1.54, 1.807) is 12.3 Å². The zero-order chi connectivity index (χ0) is 21.3. The molecule has 0 bridgehead atoms. The topological polar surface area (TPSA) is 123 Å². The number of imidazole rings is 1. The van der Waals surface area contributed by atoms with Crippen molar-refractivity contribution in [1.29, 1.82) is 0 Å². The van der Waals surface area contributed by atoms with Gasteiger partial charge in [0.05, 0.1) is 18.4 Å². The van der Waals surface area contributed by atoms with Crippen molar-refractivity contribution in [3.8, 4) is 11.5 Å². The van der Waals surface area contributed by atoms with Gasteiger partial charge in [0.25, 0.3) is 0 Å². The van der Waals surface area contributed by atoms with Gasteiger partial charge in [0.1, 0.15) is 11.5 Å². The summed E-state index contributed by atoms with van der Waals surface area (Å²) >= 11 is 0. The Labute approximate surface area is 169 Å². The second-order valence-corrected chi connectivity index (χ2v) is 6.67. The quantitative estimate of drug-likeness (QED) is 0.495. The number of nitrogens with one attached hydrogen (secondary N) is 1. The fourth-order valence-electron chi connectivity index (χ4n) is 3.32. The van der Waals surface area contributed by atoms with E-state index in [1.165, 1.54) is 23.0 Å². The third-order valence-electron chi connectivity index (χ3n) is 4.84. The summed E-state index contributed by atoms with van der Waals surface area (Å²) in [6.45, 7) is 1.94. The Bertz CT molecular complexity index is 1110. The summed E-state index contributed by atoms with van der Waals surface area (Å²) in [6, 6.07) is 1.68. The van der Waals surface area contributed by atoms with Crippen LogP contribution in [0, 0.1) is 0 Å². The maximum absolute atomic E-state index is 13.1. The zero-order valence-electron chi connectivity index (χ0n) is 15.7. The summed E-state index contributed by atoms with van der Waals surface area (Å²) in [4.78, 5) is 18.4. The summed E-state index contributed by atoms with van der Waals surface area (Å²) < 4.78 is 40.5. The minimum atomic E-state index is -4.57. The Hall–Kier alpha value is -3.54. The van der Waals surface area contributed by atoms with E-state index in [1.807, 2.05) is 4.90 Å². The van der Waals surface area contributed by atoms with Gasteiger partial charge in [0.15, 0.2) is 23.4 Å². The molecule has 3 aromatic heterocycles. The van der Waals surface area contributed by atoms with Gasteiger partial charge < -0.3 is 16.0 Å². The molecule has 5 N–H and O–H groups in total. The normalized spacial score (nSPS) is 18.0. The summed E-state index contributed by atoms with van der Waals surface area (Å²) in [5, 5.41) is 8.97. The van der Waals surface area contributed by atoms with Crippen LogP contribution in [-0.2, 0) is 6.18 Å². The molecule has 30 heavy (non-hydrogen) atoms. The highest BCUT2D eigenvalue weighted by Crippen LogP contribution is 2.29. The molecule has 0 aromatic carbocycles. The van der Waals surface area contributed by atoms with E-state index in [4.69, 9.17) is 11.1 Å². The van der Waals surface area contributed by atoms with Gasteiger partial charge >= 0.3 is 6.18 Å². The van der Waals surface area contributed by atoms with Gasteiger partial charge in [0, 0.05) is 43.8 Å². The van der Waals surface area contributed by atoms with Crippen molar-refractivity contribution in [3.63, 3.8) is 0 Å². The van der Waals surface area contributed by atoms with Crippen LogP contribution in [0.15, 0.2) is 42.6 Å². The van der Waals surface area contributed by atoms with Crippen LogP contribution in [0.3, 0.4) is 0 Å². The first kappa shape index (κ1) is 19.8. The molecule has 1 saturated heterocycles. The number of fused-ring (bicyclic) bond motifs is 1. The molecule has 0 saturated carbocycles. The zero-order valence-corrected chi connectivity index (χ0v) is 15.7. The van der Waals surface area contributed by atoms with Crippen LogP contribution in [0.5, 0.6) is 0 Å². The average molecular weight is 418 g/mol. The molecule has 1 fully saturated rings. The molecule has 0 radical (unpaired) electrons. The third-order valence-corrected chi connectivity index (χ3v) is 4.84. The molecule has 1 aliphatic rings. The van der Waals surface area contributed by atoms with Crippen LogP contribution in [0.25, 0.3) is 17.2 Å². The molecular formula is C18H19F3N9+. The number of nitrogens with two attached hydrogens (primary N) is 2. The van der Waals surface area contributed by atoms with Crippen molar-refractivity contribution in [1.82, 2.24) is 29.7 Å². The molecule has 0 spiro atoms. The SMILES string of the molecule is N/C=C(\C=[NH2+])C1CN(c2ccnc(-c3cnc4cnc(C(F)(F)F)cn34)n2)CCN1. The van der Waals surface area contributed by atoms with E-state index in [0.717, 1.165) is 18.0 Å². The average Bonchev–Trinajstić information content (AvgIpc) is 3.18. The third kappa shape index (κ3) is 3.68. The smallest absolute Gasteiger partial charge is 0.404 e. The van der Waals surface area contributed by atoms with E-state index in [9.17, 15) is 13.2 Å². The summed E-state index contributed by atoms with van der Waals surface area (Å²) in [5.74, 6) is 0.898. The Balaban J connectivity index is 1.68. The fourth-order valence-corrected chi connectivity index (χ4v) is 3.32. The molecule has 156 valence electrons. The monoisotopic (exact) mass is 418 g/mol. The molecule has 12 heteroatoms. The summed E-state index contributed by atoms with van der Waals surface area (Å²) in [7, 11) is 0. The largest absolute Gasteiger partial charge is 0.434 e. The van der Waals surface area contributed by atoms with Gasteiger partial charge in [-0.05, 0) is 6.07 Å². The standard InChI is InChI=1S/C18H18F3N9/c19-18(20,21)14-10-30-13(7-27-16(30)8-26-14)17-25-2-1-15(28-17)29-4-3-24-12(9-29)11(5-22)6-23/h1-2,5-8,10,12,22,24H,3-4,9,23H2/p+1/b11-6+,22-5?. The first-order valence-corrected chi connectivity index (χ1v) is 9.09. The molecule has 3 aromatic rings. The Morgan fingerprint density at radius 3 is 2.83 bits per heavy atom. The van der Waals surface area contributed by atoms with Crippen molar-refractivity contribution < 1.29 is 18.6 Å². The first-order valence-electron chi connectivity index (χ1n) is 9.09. The van der Waals surface area contributed by atoms with Crippen molar-refractivity contribution in [2.24, 2.45) is 5.73 Å². The van der Waals surface area contributed by atoms with Crippen LogP contribution in [0.4, 0.5) is 19.0 Å². The van der Waals surface area contributed by atoms with E-state index in [0.29, 0.717) is 31.1 Å². The molecule has 1 atom stereocenters. The Kier molecular flexibility index (Phi) is 5.08. The number of aromatic nitrogens is 5. The second kappa shape index (κ2) is 7.71. The highest BCUT2D eigenvalue weighted by Gasteiger charge is 2.33. The number of halogens is 3. The van der Waals surface area contributed by atoms with E-state index in [2.05, 4.69) is 25.3 Å². The molecule has 4 heterocycles. The lowest BCUT2D eigenvalue weighted by molar-refractivity contribution is -0.141. The van der Waals surface area contributed by atoms with Gasteiger partial charge in [-0.15, -0.1) is 0 Å². The second-order valence-electron chi connectivity index (χ2n) is 6.67. The van der Waals surface area contributed by atoms with E-state index in [-0.39, 0.29) is 17.5 Å². The molecule has 1 aliphatic heterocycles. The van der Waals surface area contributed by atoms with Gasteiger partial charge in [0.2, 0.25) is 0 Å². The number of anilines is 1. The number of rotatable bonds is 4. The van der Waals surface area contributed by atoms with Crippen LogP contribution in [-0.4, -0.2) is 56.2 Å². The van der Waals surface area contributed by atoms with Gasteiger partial charge in [-0.3, -0.25) is 9.81 Å². The predicted octanol–water partition coefficient (Wildman–Crippen LogP) is -0.344. The molecule has 0 aliphatic carbocycles. The number of hydrogen-bond acceptors (Lipinski definition) is 7. The molecule has 9 nitrogen and oxygen atoms in total.